The molecule has 152 valence electrons. The van der Waals surface area contributed by atoms with Crippen LogP contribution in [0.1, 0.15) is 56.1 Å². The predicted octanol–water partition coefficient (Wildman–Crippen LogP) is 3.47. The van der Waals surface area contributed by atoms with E-state index in [4.69, 9.17) is 4.99 Å². The molecule has 0 bridgehead atoms. The van der Waals surface area contributed by atoms with Crippen molar-refractivity contribution in [3.8, 4) is 0 Å². The summed E-state index contributed by atoms with van der Waals surface area (Å²) in [6.45, 7) is 8.41. The fourth-order valence-corrected chi connectivity index (χ4v) is 3.91. The lowest BCUT2D eigenvalue weighted by Crippen LogP contribution is -2.41. The number of nitrogens with one attached hydrogen (secondary N) is 2. The van der Waals surface area contributed by atoms with Crippen LogP contribution in [0.25, 0.3) is 0 Å². The molecular formula is C22H32FN5. The third-order valence-electron chi connectivity index (χ3n) is 5.66. The fraction of sp³-hybridized carbons (Fsp3) is 0.545. The molecule has 6 heteroatoms. The number of aliphatic imine (C=N–C) groups is 1. The summed E-state index contributed by atoms with van der Waals surface area (Å²) in [5.41, 5.74) is 4.27. The standard InChI is InChI=1S/C22H32FN5/c1-5-19-16(20(6-2)28(4)27-19)14-25-21(24-7-3)26-15-22(12-13-22)17-10-8-9-11-18(17)23/h8-11H,5-7,12-15H2,1-4H3,(H2,24,25,26). The Morgan fingerprint density at radius 3 is 2.54 bits per heavy atom. The van der Waals surface area contributed by atoms with Crippen LogP contribution in [0, 0.1) is 5.82 Å². The van der Waals surface area contributed by atoms with Gasteiger partial charge in [-0.15, -0.1) is 0 Å². The molecule has 1 heterocycles. The number of aromatic nitrogens is 2. The van der Waals surface area contributed by atoms with Crippen molar-refractivity contribution >= 4 is 5.96 Å². The third kappa shape index (κ3) is 4.21. The van der Waals surface area contributed by atoms with Crippen molar-refractivity contribution in [3.63, 3.8) is 0 Å². The van der Waals surface area contributed by atoms with Crippen LogP contribution >= 0.6 is 0 Å². The van der Waals surface area contributed by atoms with Gasteiger partial charge >= 0.3 is 0 Å². The topological polar surface area (TPSA) is 54.2 Å². The highest BCUT2D eigenvalue weighted by Gasteiger charge is 2.45. The maximum atomic E-state index is 14.3. The fourth-order valence-electron chi connectivity index (χ4n) is 3.91. The van der Waals surface area contributed by atoms with E-state index in [-0.39, 0.29) is 11.2 Å². The van der Waals surface area contributed by atoms with Gasteiger partial charge in [-0.05, 0) is 44.2 Å². The predicted molar refractivity (Wildman–Crippen MR) is 112 cm³/mol. The van der Waals surface area contributed by atoms with Crippen molar-refractivity contribution in [2.75, 3.05) is 13.1 Å². The highest BCUT2D eigenvalue weighted by atomic mass is 19.1. The minimum Gasteiger partial charge on any atom is -0.357 e. The summed E-state index contributed by atoms with van der Waals surface area (Å²) >= 11 is 0. The molecule has 0 unspecified atom stereocenters. The van der Waals surface area contributed by atoms with Gasteiger partial charge in [-0.3, -0.25) is 4.68 Å². The van der Waals surface area contributed by atoms with Crippen LogP contribution in [0.4, 0.5) is 4.39 Å². The minimum absolute atomic E-state index is 0.112. The van der Waals surface area contributed by atoms with E-state index in [9.17, 15) is 4.39 Å². The first-order valence-corrected chi connectivity index (χ1v) is 10.4. The lowest BCUT2D eigenvalue weighted by Gasteiger charge is -2.19. The molecule has 3 rings (SSSR count). The zero-order valence-corrected chi connectivity index (χ0v) is 17.5. The van der Waals surface area contributed by atoms with Gasteiger partial charge in [-0.1, -0.05) is 32.0 Å². The number of guanidine groups is 1. The van der Waals surface area contributed by atoms with Crippen LogP contribution in [-0.4, -0.2) is 28.8 Å². The number of benzene rings is 1. The molecule has 0 amide bonds. The molecule has 1 aliphatic carbocycles. The molecule has 2 N–H and O–H groups in total. The summed E-state index contributed by atoms with van der Waals surface area (Å²) in [7, 11) is 2.00. The van der Waals surface area contributed by atoms with E-state index in [0.717, 1.165) is 49.4 Å². The Morgan fingerprint density at radius 1 is 1.18 bits per heavy atom. The van der Waals surface area contributed by atoms with E-state index >= 15 is 0 Å². The van der Waals surface area contributed by atoms with E-state index in [1.165, 1.54) is 11.3 Å². The number of aryl methyl sites for hydroxylation is 2. The number of nitrogens with zero attached hydrogens (tertiary/aromatic N) is 3. The van der Waals surface area contributed by atoms with Crippen molar-refractivity contribution in [3.05, 3.63) is 52.6 Å². The van der Waals surface area contributed by atoms with Crippen molar-refractivity contribution in [1.82, 2.24) is 20.4 Å². The van der Waals surface area contributed by atoms with Crippen LogP contribution in [0.3, 0.4) is 0 Å². The number of rotatable bonds is 8. The zero-order chi connectivity index (χ0) is 20.1. The monoisotopic (exact) mass is 385 g/mol. The summed E-state index contributed by atoms with van der Waals surface area (Å²) in [4.78, 5) is 4.81. The molecule has 5 nitrogen and oxygen atoms in total. The molecule has 1 saturated carbocycles. The summed E-state index contributed by atoms with van der Waals surface area (Å²) in [5, 5.41) is 11.4. The maximum absolute atomic E-state index is 14.3. The van der Waals surface area contributed by atoms with Crippen LogP contribution in [0.15, 0.2) is 29.3 Å². The Bertz CT molecular complexity index is 835. The molecule has 1 aromatic carbocycles. The molecule has 0 aliphatic heterocycles. The Balaban J connectivity index is 1.73. The van der Waals surface area contributed by atoms with Gasteiger partial charge in [0.1, 0.15) is 5.82 Å². The average molecular weight is 386 g/mol. The maximum Gasteiger partial charge on any atom is 0.191 e. The summed E-state index contributed by atoms with van der Waals surface area (Å²) in [6.07, 6.45) is 3.85. The molecule has 1 aliphatic rings. The Kier molecular flexibility index (Phi) is 6.37. The lowest BCUT2D eigenvalue weighted by molar-refractivity contribution is 0.559. The summed E-state index contributed by atoms with van der Waals surface area (Å²) in [5.74, 6) is 0.664. The second kappa shape index (κ2) is 8.76. The first kappa shape index (κ1) is 20.4. The molecule has 0 atom stereocenters. The first-order valence-electron chi connectivity index (χ1n) is 10.4. The number of halogens is 1. The normalized spacial score (nSPS) is 15.5. The number of hydrogen-bond acceptors (Lipinski definition) is 2. The molecule has 0 spiro atoms. The molecule has 0 radical (unpaired) electrons. The third-order valence-corrected chi connectivity index (χ3v) is 5.66. The van der Waals surface area contributed by atoms with Crippen LogP contribution in [0.2, 0.25) is 0 Å². The van der Waals surface area contributed by atoms with Gasteiger partial charge in [0.25, 0.3) is 0 Å². The second-order valence-corrected chi connectivity index (χ2v) is 7.51. The Hall–Kier alpha value is -2.37. The number of hydrogen-bond donors (Lipinski definition) is 2. The largest absolute Gasteiger partial charge is 0.357 e. The smallest absolute Gasteiger partial charge is 0.191 e. The van der Waals surface area contributed by atoms with Gasteiger partial charge in [-0.2, -0.15) is 5.10 Å². The van der Waals surface area contributed by atoms with E-state index in [1.54, 1.807) is 12.1 Å². The average Bonchev–Trinajstić information content (AvgIpc) is 3.41. The second-order valence-electron chi connectivity index (χ2n) is 7.51. The SMILES string of the molecule is CCNC(=NCc1c(CC)nn(C)c1CC)NCC1(c2ccccc2F)CC1. The highest BCUT2D eigenvalue weighted by Crippen LogP contribution is 2.48. The molecule has 0 saturated heterocycles. The Labute approximate surface area is 167 Å². The van der Waals surface area contributed by atoms with Gasteiger partial charge in [-0.25, -0.2) is 9.38 Å². The van der Waals surface area contributed by atoms with Gasteiger partial charge in [0.2, 0.25) is 0 Å². The molecular weight excluding hydrogens is 353 g/mol. The van der Waals surface area contributed by atoms with E-state index in [0.29, 0.717) is 13.1 Å². The van der Waals surface area contributed by atoms with Crippen molar-refractivity contribution < 1.29 is 4.39 Å². The summed E-state index contributed by atoms with van der Waals surface area (Å²) in [6, 6.07) is 7.12. The lowest BCUT2D eigenvalue weighted by atomic mass is 9.95. The van der Waals surface area contributed by atoms with Gasteiger partial charge in [0.15, 0.2) is 5.96 Å². The van der Waals surface area contributed by atoms with E-state index in [2.05, 4.69) is 36.5 Å². The van der Waals surface area contributed by atoms with Crippen LogP contribution < -0.4 is 10.6 Å². The zero-order valence-electron chi connectivity index (χ0n) is 17.5. The van der Waals surface area contributed by atoms with Crippen LogP contribution in [-0.2, 0) is 31.8 Å². The highest BCUT2D eigenvalue weighted by molar-refractivity contribution is 5.80. The van der Waals surface area contributed by atoms with E-state index in [1.807, 2.05) is 23.9 Å². The molecule has 1 fully saturated rings. The van der Waals surface area contributed by atoms with Gasteiger partial charge in [0.05, 0.1) is 12.2 Å². The van der Waals surface area contributed by atoms with Gasteiger partial charge < -0.3 is 10.6 Å². The molecule has 1 aromatic heterocycles. The minimum atomic E-state index is -0.112. The molecule has 28 heavy (non-hydrogen) atoms. The first-order chi connectivity index (χ1) is 13.5. The summed E-state index contributed by atoms with van der Waals surface area (Å²) < 4.78 is 16.2. The van der Waals surface area contributed by atoms with Crippen LogP contribution in [0.5, 0.6) is 0 Å². The molecule has 2 aromatic rings. The van der Waals surface area contributed by atoms with E-state index < -0.39 is 0 Å². The van der Waals surface area contributed by atoms with Crippen molar-refractivity contribution in [1.29, 1.82) is 0 Å². The van der Waals surface area contributed by atoms with Crippen molar-refractivity contribution in [2.24, 2.45) is 12.0 Å². The quantitative estimate of drug-likeness (QED) is 0.540. The van der Waals surface area contributed by atoms with Gasteiger partial charge in [0, 0.05) is 36.8 Å². The van der Waals surface area contributed by atoms with Crippen molar-refractivity contribution in [2.45, 2.75) is 58.4 Å². The Morgan fingerprint density at radius 2 is 1.93 bits per heavy atom.